The summed E-state index contributed by atoms with van der Waals surface area (Å²) >= 11 is 0. The Morgan fingerprint density at radius 1 is 1.24 bits per heavy atom. The summed E-state index contributed by atoms with van der Waals surface area (Å²) in [7, 11) is 0. The van der Waals surface area contributed by atoms with Gasteiger partial charge in [-0.2, -0.15) is 0 Å². The van der Waals surface area contributed by atoms with Gasteiger partial charge in [-0.3, -0.25) is 9.59 Å². The number of hydrogen-bond acceptors (Lipinski definition) is 4. The molecule has 2 rings (SSSR count). The lowest BCUT2D eigenvalue weighted by Gasteiger charge is -2.36. The molecule has 0 radical (unpaired) electrons. The number of hydrogen-bond donors (Lipinski definition) is 2. The van der Waals surface area contributed by atoms with Crippen molar-refractivity contribution in [2.75, 3.05) is 43.4 Å². The van der Waals surface area contributed by atoms with Gasteiger partial charge in [0.15, 0.2) is 0 Å². The number of nitrogen functional groups attached to an aromatic ring is 1. The molecule has 6 heteroatoms. The Morgan fingerprint density at radius 3 is 2.48 bits per heavy atom. The van der Waals surface area contributed by atoms with Crippen molar-refractivity contribution in [1.82, 2.24) is 10.2 Å². The Hall–Kier alpha value is -2.24. The third-order valence-corrected chi connectivity index (χ3v) is 3.70. The van der Waals surface area contributed by atoms with Gasteiger partial charge in [-0.1, -0.05) is 0 Å². The summed E-state index contributed by atoms with van der Waals surface area (Å²) in [6, 6.07) is 5.32. The van der Waals surface area contributed by atoms with Crippen LogP contribution in [0.25, 0.3) is 0 Å². The molecule has 0 aromatic heterocycles. The molecular weight excluding hydrogens is 268 g/mol. The van der Waals surface area contributed by atoms with Crippen molar-refractivity contribution >= 4 is 23.2 Å². The molecule has 114 valence electrons. The first-order valence-corrected chi connectivity index (χ1v) is 7.21. The second-order valence-electron chi connectivity index (χ2n) is 5.13. The predicted octanol–water partition coefficient (Wildman–Crippen LogP) is 0.687. The number of nitrogens with one attached hydrogen (secondary N) is 1. The Morgan fingerprint density at radius 2 is 1.90 bits per heavy atom. The van der Waals surface area contributed by atoms with E-state index >= 15 is 0 Å². The fraction of sp³-hybridized carbons (Fsp3) is 0.467. The average molecular weight is 290 g/mol. The minimum Gasteiger partial charge on any atom is -0.397 e. The van der Waals surface area contributed by atoms with Crippen molar-refractivity contribution in [2.45, 2.75) is 13.8 Å². The van der Waals surface area contributed by atoms with Crippen LogP contribution >= 0.6 is 0 Å². The molecule has 6 nitrogen and oxygen atoms in total. The molecule has 3 N–H and O–H groups in total. The maximum Gasteiger partial charge on any atom is 0.251 e. The van der Waals surface area contributed by atoms with Gasteiger partial charge < -0.3 is 20.9 Å². The third-order valence-electron chi connectivity index (χ3n) is 3.70. The van der Waals surface area contributed by atoms with Crippen LogP contribution in [0.5, 0.6) is 0 Å². The van der Waals surface area contributed by atoms with E-state index in [4.69, 9.17) is 5.73 Å². The topological polar surface area (TPSA) is 78.7 Å². The number of nitrogens with zero attached hydrogens (tertiary/aromatic N) is 2. The summed E-state index contributed by atoms with van der Waals surface area (Å²) in [4.78, 5) is 27.2. The van der Waals surface area contributed by atoms with Crippen LogP contribution in [0.3, 0.4) is 0 Å². The standard InChI is InChI=1S/C15H22N4O2/c1-3-17-15(21)12-4-5-13(16)14(10-12)19-8-6-18(7-9-19)11(2)20/h4-5,10H,3,6-9,16H2,1-2H3,(H,17,21). The van der Waals surface area contributed by atoms with E-state index in [0.29, 0.717) is 30.9 Å². The summed E-state index contributed by atoms with van der Waals surface area (Å²) < 4.78 is 0. The number of rotatable bonds is 3. The van der Waals surface area contributed by atoms with Crippen LogP contribution in [-0.2, 0) is 4.79 Å². The molecule has 0 unspecified atom stereocenters. The largest absolute Gasteiger partial charge is 0.397 e. The number of amides is 2. The van der Waals surface area contributed by atoms with Gasteiger partial charge in [0.05, 0.1) is 11.4 Å². The zero-order chi connectivity index (χ0) is 15.4. The molecule has 0 atom stereocenters. The highest BCUT2D eigenvalue weighted by molar-refractivity contribution is 5.96. The molecule has 1 aromatic carbocycles. The normalized spacial score (nSPS) is 15.0. The third kappa shape index (κ3) is 3.45. The van der Waals surface area contributed by atoms with Crippen molar-refractivity contribution in [3.8, 4) is 0 Å². The predicted molar refractivity (Wildman–Crippen MR) is 83.3 cm³/mol. The monoisotopic (exact) mass is 290 g/mol. The highest BCUT2D eigenvalue weighted by atomic mass is 16.2. The second-order valence-corrected chi connectivity index (χ2v) is 5.13. The molecule has 2 amide bonds. The number of piperazine rings is 1. The van der Waals surface area contributed by atoms with Gasteiger partial charge in [-0.25, -0.2) is 0 Å². The van der Waals surface area contributed by atoms with Gasteiger partial charge in [0, 0.05) is 45.2 Å². The van der Waals surface area contributed by atoms with Gasteiger partial charge in [-0.05, 0) is 25.1 Å². The smallest absolute Gasteiger partial charge is 0.251 e. The Bertz CT molecular complexity index is 536. The fourth-order valence-electron chi connectivity index (χ4n) is 2.48. The van der Waals surface area contributed by atoms with E-state index in [2.05, 4.69) is 10.2 Å². The SMILES string of the molecule is CCNC(=O)c1ccc(N)c(N2CCN(C(C)=O)CC2)c1. The van der Waals surface area contributed by atoms with Gasteiger partial charge in [-0.15, -0.1) is 0 Å². The molecule has 0 spiro atoms. The van der Waals surface area contributed by atoms with Crippen molar-refractivity contribution in [2.24, 2.45) is 0 Å². The minimum atomic E-state index is -0.0962. The highest BCUT2D eigenvalue weighted by Gasteiger charge is 2.21. The maximum absolute atomic E-state index is 11.9. The van der Waals surface area contributed by atoms with E-state index in [0.717, 1.165) is 18.8 Å². The lowest BCUT2D eigenvalue weighted by atomic mass is 10.1. The van der Waals surface area contributed by atoms with E-state index in [9.17, 15) is 9.59 Å². The van der Waals surface area contributed by atoms with Crippen molar-refractivity contribution in [1.29, 1.82) is 0 Å². The summed E-state index contributed by atoms with van der Waals surface area (Å²) in [5.41, 5.74) is 8.16. The summed E-state index contributed by atoms with van der Waals surface area (Å²) in [5, 5.41) is 2.78. The van der Waals surface area contributed by atoms with E-state index in [1.165, 1.54) is 0 Å². The van der Waals surface area contributed by atoms with Crippen LogP contribution < -0.4 is 16.0 Å². The molecule has 1 saturated heterocycles. The number of anilines is 2. The van der Waals surface area contributed by atoms with Gasteiger partial charge in [0.1, 0.15) is 0 Å². The van der Waals surface area contributed by atoms with E-state index < -0.39 is 0 Å². The van der Waals surface area contributed by atoms with Crippen LogP contribution in [0.15, 0.2) is 18.2 Å². The Kier molecular flexibility index (Phi) is 4.67. The van der Waals surface area contributed by atoms with Crippen molar-refractivity contribution < 1.29 is 9.59 Å². The molecule has 1 aromatic rings. The van der Waals surface area contributed by atoms with E-state index in [1.807, 2.05) is 17.9 Å². The zero-order valence-corrected chi connectivity index (χ0v) is 12.6. The first-order valence-electron chi connectivity index (χ1n) is 7.21. The Labute approximate surface area is 124 Å². The molecule has 1 aliphatic rings. The highest BCUT2D eigenvalue weighted by Crippen LogP contribution is 2.25. The molecule has 21 heavy (non-hydrogen) atoms. The number of carbonyl (C=O) groups is 2. The maximum atomic E-state index is 11.9. The van der Waals surface area contributed by atoms with Crippen LogP contribution in [0.1, 0.15) is 24.2 Å². The number of benzene rings is 1. The molecule has 0 saturated carbocycles. The minimum absolute atomic E-state index is 0.0960. The first-order chi connectivity index (χ1) is 10.0. The molecule has 1 aliphatic heterocycles. The second kappa shape index (κ2) is 6.47. The number of nitrogens with two attached hydrogens (primary N) is 1. The van der Waals surface area contributed by atoms with Crippen molar-refractivity contribution in [3.05, 3.63) is 23.8 Å². The van der Waals surface area contributed by atoms with Crippen molar-refractivity contribution in [3.63, 3.8) is 0 Å². The zero-order valence-electron chi connectivity index (χ0n) is 12.6. The summed E-state index contributed by atoms with van der Waals surface area (Å²) in [5.74, 6) is -0.000168. The lowest BCUT2D eigenvalue weighted by molar-refractivity contribution is -0.129. The molecule has 0 aliphatic carbocycles. The molecule has 1 fully saturated rings. The lowest BCUT2D eigenvalue weighted by Crippen LogP contribution is -2.48. The van der Waals surface area contributed by atoms with E-state index in [1.54, 1.807) is 19.1 Å². The number of carbonyl (C=O) groups excluding carboxylic acids is 2. The molecular formula is C15H22N4O2. The first kappa shape index (κ1) is 15.2. The van der Waals surface area contributed by atoms with Gasteiger partial charge in [0.2, 0.25) is 5.91 Å². The quantitative estimate of drug-likeness (QED) is 0.803. The van der Waals surface area contributed by atoms with E-state index in [-0.39, 0.29) is 11.8 Å². The van der Waals surface area contributed by atoms with Crippen LogP contribution in [-0.4, -0.2) is 49.4 Å². The summed E-state index contributed by atoms with van der Waals surface area (Å²) in [6.07, 6.45) is 0. The van der Waals surface area contributed by atoms with Crippen LogP contribution in [0.4, 0.5) is 11.4 Å². The molecule has 0 bridgehead atoms. The van der Waals surface area contributed by atoms with Crippen LogP contribution in [0, 0.1) is 0 Å². The summed E-state index contributed by atoms with van der Waals surface area (Å²) in [6.45, 7) is 6.87. The van der Waals surface area contributed by atoms with Crippen LogP contribution in [0.2, 0.25) is 0 Å². The molecule has 1 heterocycles. The average Bonchev–Trinajstić information content (AvgIpc) is 2.48. The fourth-order valence-corrected chi connectivity index (χ4v) is 2.48. The van der Waals surface area contributed by atoms with Gasteiger partial charge in [0.25, 0.3) is 5.91 Å². The van der Waals surface area contributed by atoms with Gasteiger partial charge >= 0.3 is 0 Å². The Balaban J connectivity index is 2.14.